The van der Waals surface area contributed by atoms with E-state index in [0.29, 0.717) is 5.75 Å². The number of carbonyl (C=O) groups is 1. The van der Waals surface area contributed by atoms with Crippen LogP contribution in [0.5, 0.6) is 11.5 Å². The van der Waals surface area contributed by atoms with E-state index in [1.54, 1.807) is 49.6 Å². The molecule has 3 rings (SSSR count). The quantitative estimate of drug-likeness (QED) is 0.393. The summed E-state index contributed by atoms with van der Waals surface area (Å²) >= 11 is 0. The molecule has 0 radical (unpaired) electrons. The number of ether oxygens (including phenoxy) is 3. The van der Waals surface area contributed by atoms with E-state index in [4.69, 9.17) is 14.2 Å². The van der Waals surface area contributed by atoms with Crippen LogP contribution in [-0.2, 0) is 19.6 Å². The van der Waals surface area contributed by atoms with Gasteiger partial charge >= 0.3 is 5.97 Å². The molecule has 0 saturated heterocycles. The Morgan fingerprint density at radius 2 is 1.60 bits per heavy atom. The van der Waals surface area contributed by atoms with Crippen molar-refractivity contribution in [2.24, 2.45) is 0 Å². The lowest BCUT2D eigenvalue weighted by molar-refractivity contribution is -0.144. The summed E-state index contributed by atoms with van der Waals surface area (Å²) in [6, 6.07) is 19.4. The lowest BCUT2D eigenvalue weighted by atomic mass is 10.1. The van der Waals surface area contributed by atoms with Crippen molar-refractivity contribution in [3.63, 3.8) is 0 Å². The summed E-state index contributed by atoms with van der Waals surface area (Å²) in [7, 11) is -2.13. The predicted molar refractivity (Wildman–Crippen MR) is 113 cm³/mol. The number of hydrogen-bond acceptors (Lipinski definition) is 6. The van der Waals surface area contributed by atoms with E-state index in [1.165, 1.54) is 0 Å². The third-order valence-corrected chi connectivity index (χ3v) is 5.79. The van der Waals surface area contributed by atoms with Crippen LogP contribution >= 0.6 is 0 Å². The summed E-state index contributed by atoms with van der Waals surface area (Å²) < 4.78 is 42.9. The average Bonchev–Trinajstić information content (AvgIpc) is 2.76. The molecule has 0 bridgehead atoms. The molecule has 0 aliphatic heterocycles. The van der Waals surface area contributed by atoms with Crippen LogP contribution in [0.25, 0.3) is 10.8 Å². The van der Waals surface area contributed by atoms with Crippen molar-refractivity contribution < 1.29 is 27.4 Å². The first-order valence-corrected chi connectivity index (χ1v) is 10.9. The van der Waals surface area contributed by atoms with Crippen molar-refractivity contribution in [1.29, 1.82) is 0 Å². The maximum absolute atomic E-state index is 12.4. The van der Waals surface area contributed by atoms with Gasteiger partial charge in [-0.05, 0) is 47.2 Å². The fraction of sp³-hybridized carbons (Fsp3) is 0.227. The van der Waals surface area contributed by atoms with Gasteiger partial charge in [0, 0.05) is 6.54 Å². The summed E-state index contributed by atoms with van der Waals surface area (Å²) in [5.74, 6) is 0.851. The fourth-order valence-electron chi connectivity index (χ4n) is 2.76. The highest BCUT2D eigenvalue weighted by Crippen LogP contribution is 2.19. The van der Waals surface area contributed by atoms with Gasteiger partial charge in [-0.3, -0.25) is 4.79 Å². The molecule has 3 aromatic carbocycles. The van der Waals surface area contributed by atoms with Crippen molar-refractivity contribution >= 4 is 26.8 Å². The smallest absolute Gasteiger partial charge is 0.307 e. The molecular formula is C22H23NO6S. The largest absolute Gasteiger partial charge is 0.497 e. The topological polar surface area (TPSA) is 90.9 Å². The SMILES string of the molecule is COc1ccc(OCCOC(=O)CCNS(=O)(=O)c2ccc3ccccc3c2)cc1. The van der Waals surface area contributed by atoms with Gasteiger partial charge in [-0.15, -0.1) is 0 Å². The van der Waals surface area contributed by atoms with Crippen molar-refractivity contribution in [1.82, 2.24) is 4.72 Å². The highest BCUT2D eigenvalue weighted by Gasteiger charge is 2.15. The van der Waals surface area contributed by atoms with Crippen LogP contribution in [0.4, 0.5) is 0 Å². The van der Waals surface area contributed by atoms with E-state index < -0.39 is 16.0 Å². The van der Waals surface area contributed by atoms with Gasteiger partial charge in [-0.2, -0.15) is 0 Å². The number of esters is 1. The molecule has 0 saturated carbocycles. The summed E-state index contributed by atoms with van der Waals surface area (Å²) in [6.07, 6.45) is -0.0741. The highest BCUT2D eigenvalue weighted by molar-refractivity contribution is 7.89. The van der Waals surface area contributed by atoms with Crippen LogP contribution in [0.1, 0.15) is 6.42 Å². The number of carbonyl (C=O) groups excluding carboxylic acids is 1. The predicted octanol–water partition coefficient (Wildman–Crippen LogP) is 3.14. The molecule has 1 N–H and O–H groups in total. The van der Waals surface area contributed by atoms with Crippen LogP contribution in [0.3, 0.4) is 0 Å². The fourth-order valence-corrected chi connectivity index (χ4v) is 3.83. The third kappa shape index (κ3) is 5.95. The van der Waals surface area contributed by atoms with Gasteiger partial charge in [0.15, 0.2) is 0 Å². The number of hydrogen-bond donors (Lipinski definition) is 1. The van der Waals surface area contributed by atoms with Crippen molar-refractivity contribution in [2.75, 3.05) is 26.9 Å². The highest BCUT2D eigenvalue weighted by atomic mass is 32.2. The average molecular weight is 429 g/mol. The molecule has 0 heterocycles. The number of nitrogens with one attached hydrogen (secondary N) is 1. The summed E-state index contributed by atoms with van der Waals surface area (Å²) in [5.41, 5.74) is 0. The zero-order valence-electron chi connectivity index (χ0n) is 16.5. The van der Waals surface area contributed by atoms with Crippen LogP contribution in [0.2, 0.25) is 0 Å². The molecule has 158 valence electrons. The van der Waals surface area contributed by atoms with E-state index in [9.17, 15) is 13.2 Å². The number of methoxy groups -OCH3 is 1. The minimum absolute atomic E-state index is 0.0483. The number of benzene rings is 3. The Balaban J connectivity index is 1.39. The molecule has 0 fully saturated rings. The monoisotopic (exact) mass is 429 g/mol. The molecule has 30 heavy (non-hydrogen) atoms. The first-order valence-electron chi connectivity index (χ1n) is 9.39. The third-order valence-electron chi connectivity index (χ3n) is 4.33. The molecule has 0 atom stereocenters. The second kappa shape index (κ2) is 10.1. The van der Waals surface area contributed by atoms with Gasteiger partial charge in [0.25, 0.3) is 0 Å². The summed E-state index contributed by atoms with van der Waals surface area (Å²) in [5, 5.41) is 1.79. The van der Waals surface area contributed by atoms with Crippen LogP contribution in [0.15, 0.2) is 71.6 Å². The molecule has 0 aromatic heterocycles. The lowest BCUT2D eigenvalue weighted by Crippen LogP contribution is -2.27. The van der Waals surface area contributed by atoms with E-state index in [0.717, 1.165) is 16.5 Å². The first kappa shape index (κ1) is 21.6. The maximum atomic E-state index is 12.4. The molecule has 0 amide bonds. The van der Waals surface area contributed by atoms with Crippen LogP contribution in [0, 0.1) is 0 Å². The van der Waals surface area contributed by atoms with Gasteiger partial charge in [-0.1, -0.05) is 30.3 Å². The minimum atomic E-state index is -3.71. The summed E-state index contributed by atoms with van der Waals surface area (Å²) in [4.78, 5) is 12.0. The van der Waals surface area contributed by atoms with Crippen molar-refractivity contribution in [2.45, 2.75) is 11.3 Å². The number of sulfonamides is 1. The molecule has 3 aromatic rings. The van der Waals surface area contributed by atoms with E-state index in [2.05, 4.69) is 4.72 Å². The first-order chi connectivity index (χ1) is 14.5. The molecule has 8 heteroatoms. The maximum Gasteiger partial charge on any atom is 0.307 e. The second-order valence-electron chi connectivity index (χ2n) is 6.40. The Hall–Kier alpha value is -3.10. The van der Waals surface area contributed by atoms with Gasteiger partial charge in [0.05, 0.1) is 18.4 Å². The van der Waals surface area contributed by atoms with Crippen molar-refractivity contribution in [3.8, 4) is 11.5 Å². The van der Waals surface area contributed by atoms with Gasteiger partial charge in [0.1, 0.15) is 24.7 Å². The van der Waals surface area contributed by atoms with E-state index >= 15 is 0 Å². The number of fused-ring (bicyclic) bond motifs is 1. The van der Waals surface area contributed by atoms with Crippen LogP contribution in [-0.4, -0.2) is 41.3 Å². The zero-order valence-corrected chi connectivity index (χ0v) is 17.4. The molecular weight excluding hydrogens is 406 g/mol. The Morgan fingerprint density at radius 3 is 2.33 bits per heavy atom. The molecule has 7 nitrogen and oxygen atoms in total. The van der Waals surface area contributed by atoms with Gasteiger partial charge in [-0.25, -0.2) is 13.1 Å². The Bertz CT molecular complexity index is 1100. The normalized spacial score (nSPS) is 11.2. The van der Waals surface area contributed by atoms with E-state index in [-0.39, 0.29) is 31.1 Å². The van der Waals surface area contributed by atoms with E-state index in [1.807, 2.05) is 24.3 Å². The van der Waals surface area contributed by atoms with Crippen LogP contribution < -0.4 is 14.2 Å². The Labute approximate surface area is 175 Å². The molecule has 0 spiro atoms. The Morgan fingerprint density at radius 1 is 0.900 bits per heavy atom. The minimum Gasteiger partial charge on any atom is -0.497 e. The Kier molecular flexibility index (Phi) is 7.26. The standard InChI is InChI=1S/C22H23NO6S/c1-27-19-7-9-20(10-8-19)28-14-15-29-22(24)12-13-23-30(25,26)21-11-6-17-4-2-3-5-18(17)16-21/h2-11,16,23H,12-15H2,1H3. The lowest BCUT2D eigenvalue weighted by Gasteiger charge is -2.09. The van der Waals surface area contributed by atoms with Crippen molar-refractivity contribution in [3.05, 3.63) is 66.7 Å². The van der Waals surface area contributed by atoms with Gasteiger partial charge in [0.2, 0.25) is 10.0 Å². The van der Waals surface area contributed by atoms with Gasteiger partial charge < -0.3 is 14.2 Å². The zero-order chi connectivity index (χ0) is 21.4. The molecule has 0 aliphatic carbocycles. The summed E-state index contributed by atoms with van der Waals surface area (Å²) in [6.45, 7) is 0.219. The number of rotatable bonds is 10. The molecule has 0 unspecified atom stereocenters. The second-order valence-corrected chi connectivity index (χ2v) is 8.17. The molecule has 0 aliphatic rings.